The van der Waals surface area contributed by atoms with Crippen LogP contribution in [0, 0.1) is 5.82 Å². The summed E-state index contributed by atoms with van der Waals surface area (Å²) >= 11 is 3.02. The Morgan fingerprint density at radius 2 is 2.07 bits per heavy atom. The van der Waals surface area contributed by atoms with Crippen molar-refractivity contribution in [1.29, 1.82) is 0 Å². The Morgan fingerprint density at radius 1 is 1.47 bits per heavy atom. The second kappa shape index (κ2) is 4.39. The van der Waals surface area contributed by atoms with Gasteiger partial charge in [-0.25, -0.2) is 9.18 Å². The van der Waals surface area contributed by atoms with Gasteiger partial charge in [-0.05, 0) is 12.1 Å². The molecule has 1 aromatic rings. The molecule has 0 atom stereocenters. The van der Waals surface area contributed by atoms with Gasteiger partial charge < -0.3 is 10.4 Å². The topological polar surface area (TPSA) is 66.4 Å². The van der Waals surface area contributed by atoms with E-state index in [9.17, 15) is 14.0 Å². The van der Waals surface area contributed by atoms with E-state index in [1.165, 1.54) is 13.0 Å². The maximum atomic E-state index is 13.4. The van der Waals surface area contributed by atoms with Crippen molar-refractivity contribution in [2.75, 3.05) is 5.32 Å². The van der Waals surface area contributed by atoms with E-state index in [0.717, 1.165) is 6.07 Å². The van der Waals surface area contributed by atoms with E-state index >= 15 is 0 Å². The van der Waals surface area contributed by atoms with E-state index in [1.54, 1.807) is 0 Å². The number of carbonyl (C=O) groups excluding carboxylic acids is 1. The summed E-state index contributed by atoms with van der Waals surface area (Å²) in [4.78, 5) is 21.4. The average molecular weight is 276 g/mol. The number of aromatic carboxylic acids is 1. The van der Waals surface area contributed by atoms with Crippen LogP contribution in [0.1, 0.15) is 17.3 Å². The lowest BCUT2D eigenvalue weighted by Crippen LogP contribution is -2.10. The van der Waals surface area contributed by atoms with Crippen LogP contribution in [0.5, 0.6) is 0 Å². The smallest absolute Gasteiger partial charge is 0.338 e. The summed E-state index contributed by atoms with van der Waals surface area (Å²) < 4.78 is 13.8. The lowest BCUT2D eigenvalue weighted by molar-refractivity contribution is -0.114. The van der Waals surface area contributed by atoms with Crippen molar-refractivity contribution in [2.24, 2.45) is 0 Å². The molecule has 0 saturated carbocycles. The molecule has 0 spiro atoms. The van der Waals surface area contributed by atoms with Crippen LogP contribution in [-0.4, -0.2) is 17.0 Å². The van der Waals surface area contributed by atoms with Crippen LogP contribution < -0.4 is 5.32 Å². The fourth-order valence-electron chi connectivity index (χ4n) is 1.03. The van der Waals surface area contributed by atoms with Gasteiger partial charge in [0.15, 0.2) is 5.82 Å². The lowest BCUT2D eigenvalue weighted by Gasteiger charge is -2.06. The zero-order valence-electron chi connectivity index (χ0n) is 7.67. The zero-order chi connectivity index (χ0) is 11.6. The minimum atomic E-state index is -1.39. The minimum Gasteiger partial charge on any atom is -0.478 e. The maximum absolute atomic E-state index is 13.4. The van der Waals surface area contributed by atoms with Gasteiger partial charge in [0.2, 0.25) is 5.91 Å². The number of carboxylic acids is 1. The lowest BCUT2D eigenvalue weighted by atomic mass is 10.2. The largest absolute Gasteiger partial charge is 0.478 e. The predicted octanol–water partition coefficient (Wildman–Crippen LogP) is 2.24. The van der Waals surface area contributed by atoms with E-state index in [0.29, 0.717) is 4.47 Å². The molecule has 0 unspecified atom stereocenters. The van der Waals surface area contributed by atoms with Crippen molar-refractivity contribution >= 4 is 33.5 Å². The van der Waals surface area contributed by atoms with Crippen LogP contribution >= 0.6 is 15.9 Å². The SMILES string of the molecule is CC(=O)Nc1cc(Br)cc(C(=O)O)c1F. The summed E-state index contributed by atoms with van der Waals surface area (Å²) in [5.41, 5.74) is -0.651. The van der Waals surface area contributed by atoms with Crippen molar-refractivity contribution < 1.29 is 19.1 Å². The number of carboxylic acid groups (broad SMARTS) is 1. The molecular weight excluding hydrogens is 269 g/mol. The second-order valence-electron chi connectivity index (χ2n) is 2.80. The Balaban J connectivity index is 3.28. The molecule has 0 saturated heterocycles. The third kappa shape index (κ3) is 2.76. The number of amides is 1. The first-order valence-electron chi connectivity index (χ1n) is 3.91. The van der Waals surface area contributed by atoms with Crippen molar-refractivity contribution in [3.05, 3.63) is 28.0 Å². The highest BCUT2D eigenvalue weighted by atomic mass is 79.9. The molecule has 0 heterocycles. The highest BCUT2D eigenvalue weighted by Gasteiger charge is 2.16. The van der Waals surface area contributed by atoms with Gasteiger partial charge in [0.05, 0.1) is 11.3 Å². The molecular formula is C9H7BrFNO3. The molecule has 0 aliphatic carbocycles. The van der Waals surface area contributed by atoms with Gasteiger partial charge in [-0.1, -0.05) is 15.9 Å². The number of halogens is 2. The monoisotopic (exact) mass is 275 g/mol. The molecule has 1 amide bonds. The summed E-state index contributed by atoms with van der Waals surface area (Å²) in [5.74, 6) is -2.82. The molecule has 0 aliphatic rings. The molecule has 80 valence electrons. The molecule has 0 radical (unpaired) electrons. The van der Waals surface area contributed by atoms with Gasteiger partial charge in [-0.2, -0.15) is 0 Å². The minimum absolute atomic E-state index is 0.158. The molecule has 1 aromatic carbocycles. The first-order chi connectivity index (χ1) is 6.91. The van der Waals surface area contributed by atoms with E-state index in [4.69, 9.17) is 5.11 Å². The summed E-state index contributed by atoms with van der Waals surface area (Å²) in [6.45, 7) is 1.21. The Morgan fingerprint density at radius 3 is 2.53 bits per heavy atom. The summed E-state index contributed by atoms with van der Waals surface area (Å²) in [6.07, 6.45) is 0. The average Bonchev–Trinajstić information content (AvgIpc) is 2.09. The summed E-state index contributed by atoms with van der Waals surface area (Å²) in [7, 11) is 0. The number of anilines is 1. The maximum Gasteiger partial charge on any atom is 0.338 e. The van der Waals surface area contributed by atoms with Crippen molar-refractivity contribution in [3.63, 3.8) is 0 Å². The Hall–Kier alpha value is -1.43. The molecule has 0 aromatic heterocycles. The van der Waals surface area contributed by atoms with Crippen molar-refractivity contribution in [2.45, 2.75) is 6.92 Å². The standard InChI is InChI=1S/C9H7BrFNO3/c1-4(13)12-7-3-5(10)2-6(8(7)11)9(14)15/h2-3H,1H3,(H,12,13)(H,14,15). The molecule has 15 heavy (non-hydrogen) atoms. The summed E-state index contributed by atoms with van der Waals surface area (Å²) in [6, 6.07) is 2.42. The Kier molecular flexibility index (Phi) is 3.41. The number of hydrogen-bond donors (Lipinski definition) is 2. The van der Waals surface area contributed by atoms with Gasteiger partial charge in [-0.15, -0.1) is 0 Å². The van der Waals surface area contributed by atoms with Crippen LogP contribution in [0.2, 0.25) is 0 Å². The fraction of sp³-hybridized carbons (Fsp3) is 0.111. The zero-order valence-corrected chi connectivity index (χ0v) is 9.26. The highest BCUT2D eigenvalue weighted by Crippen LogP contribution is 2.24. The van der Waals surface area contributed by atoms with E-state index in [1.807, 2.05) is 0 Å². The Labute approximate surface area is 93.2 Å². The molecule has 0 bridgehead atoms. The third-order valence-corrected chi connectivity index (χ3v) is 2.04. The van der Waals surface area contributed by atoms with Gasteiger partial charge in [0.25, 0.3) is 0 Å². The quantitative estimate of drug-likeness (QED) is 0.870. The normalized spacial score (nSPS) is 9.80. The fourth-order valence-corrected chi connectivity index (χ4v) is 1.48. The van der Waals surface area contributed by atoms with Crippen molar-refractivity contribution in [3.8, 4) is 0 Å². The number of carbonyl (C=O) groups is 2. The third-order valence-electron chi connectivity index (χ3n) is 1.58. The predicted molar refractivity (Wildman–Crippen MR) is 55.4 cm³/mol. The van der Waals surface area contributed by atoms with Crippen LogP contribution in [0.4, 0.5) is 10.1 Å². The first kappa shape index (κ1) is 11.6. The summed E-state index contributed by atoms with van der Waals surface area (Å²) in [5, 5.41) is 10.9. The van der Waals surface area contributed by atoms with E-state index < -0.39 is 23.3 Å². The first-order valence-corrected chi connectivity index (χ1v) is 4.71. The van der Waals surface area contributed by atoms with Crippen LogP contribution in [0.15, 0.2) is 16.6 Å². The molecule has 1 rings (SSSR count). The number of nitrogens with one attached hydrogen (secondary N) is 1. The molecule has 4 nitrogen and oxygen atoms in total. The van der Waals surface area contributed by atoms with Gasteiger partial charge in [0, 0.05) is 11.4 Å². The second-order valence-corrected chi connectivity index (χ2v) is 3.72. The van der Waals surface area contributed by atoms with E-state index in [2.05, 4.69) is 21.2 Å². The van der Waals surface area contributed by atoms with Crippen LogP contribution in [-0.2, 0) is 4.79 Å². The van der Waals surface area contributed by atoms with Gasteiger partial charge >= 0.3 is 5.97 Å². The number of hydrogen-bond acceptors (Lipinski definition) is 2. The van der Waals surface area contributed by atoms with Crippen molar-refractivity contribution in [1.82, 2.24) is 0 Å². The molecule has 0 fully saturated rings. The molecule has 0 aliphatic heterocycles. The van der Waals surface area contributed by atoms with Crippen LogP contribution in [0.25, 0.3) is 0 Å². The molecule has 6 heteroatoms. The highest BCUT2D eigenvalue weighted by molar-refractivity contribution is 9.10. The van der Waals surface area contributed by atoms with Gasteiger partial charge in [0.1, 0.15) is 0 Å². The number of benzene rings is 1. The number of rotatable bonds is 2. The van der Waals surface area contributed by atoms with Gasteiger partial charge in [-0.3, -0.25) is 4.79 Å². The van der Waals surface area contributed by atoms with Crippen LogP contribution in [0.3, 0.4) is 0 Å². The Bertz CT molecular complexity index is 434. The van der Waals surface area contributed by atoms with E-state index in [-0.39, 0.29) is 5.69 Å². The molecule has 2 N–H and O–H groups in total.